The van der Waals surface area contributed by atoms with Gasteiger partial charge < -0.3 is 10.0 Å². The summed E-state index contributed by atoms with van der Waals surface area (Å²) in [7, 11) is 1.71. The second kappa shape index (κ2) is 5.95. The van der Waals surface area contributed by atoms with Gasteiger partial charge in [0.2, 0.25) is 5.91 Å². The normalized spacial score (nSPS) is 11.3. The highest BCUT2D eigenvalue weighted by atomic mass is 32.1. The van der Waals surface area contributed by atoms with Gasteiger partial charge in [-0.3, -0.25) is 9.59 Å². The number of carboxylic acid groups (broad SMARTS) is 1. The van der Waals surface area contributed by atoms with Gasteiger partial charge in [-0.2, -0.15) is 0 Å². The summed E-state index contributed by atoms with van der Waals surface area (Å²) in [6.45, 7) is 4.04. The lowest BCUT2D eigenvalue weighted by molar-refractivity contribution is -0.140. The summed E-state index contributed by atoms with van der Waals surface area (Å²) >= 11 is 1.49. The molecule has 1 aromatic heterocycles. The van der Waals surface area contributed by atoms with Crippen molar-refractivity contribution in [3.8, 4) is 0 Å². The Balaban J connectivity index is 2.51. The molecule has 0 saturated carbocycles. The van der Waals surface area contributed by atoms with Gasteiger partial charge in [0, 0.05) is 18.8 Å². The molecule has 0 fully saturated rings. The van der Waals surface area contributed by atoms with E-state index < -0.39 is 11.4 Å². The summed E-state index contributed by atoms with van der Waals surface area (Å²) in [5.41, 5.74) is 2.05. The van der Waals surface area contributed by atoms with E-state index in [9.17, 15) is 9.59 Å². The van der Waals surface area contributed by atoms with E-state index in [0.717, 1.165) is 5.69 Å². The van der Waals surface area contributed by atoms with Crippen LogP contribution < -0.4 is 0 Å². The van der Waals surface area contributed by atoms with Crippen LogP contribution in [-0.2, 0) is 16.1 Å². The van der Waals surface area contributed by atoms with Crippen molar-refractivity contribution in [2.45, 2.75) is 33.2 Å². The van der Waals surface area contributed by atoms with Crippen LogP contribution in [0.15, 0.2) is 10.9 Å². The van der Waals surface area contributed by atoms with Crippen LogP contribution in [0.2, 0.25) is 0 Å². The van der Waals surface area contributed by atoms with E-state index in [1.54, 1.807) is 31.3 Å². The van der Waals surface area contributed by atoms with E-state index in [-0.39, 0.29) is 18.7 Å². The smallest absolute Gasteiger partial charge is 0.303 e. The fraction of sp³-hybridized carbons (Fsp3) is 0.583. The average molecular weight is 270 g/mol. The van der Waals surface area contributed by atoms with Gasteiger partial charge in [0.15, 0.2) is 0 Å². The number of aromatic nitrogens is 1. The maximum atomic E-state index is 12.0. The van der Waals surface area contributed by atoms with Gasteiger partial charge in [-0.05, 0) is 5.41 Å². The van der Waals surface area contributed by atoms with Gasteiger partial charge in [0.05, 0.1) is 24.2 Å². The highest BCUT2D eigenvalue weighted by Gasteiger charge is 2.26. The third-order valence-electron chi connectivity index (χ3n) is 2.57. The molecular weight excluding hydrogens is 252 g/mol. The molecule has 18 heavy (non-hydrogen) atoms. The molecule has 0 aliphatic heterocycles. The first-order chi connectivity index (χ1) is 8.30. The molecule has 1 amide bonds. The predicted octanol–water partition coefficient (Wildman–Crippen LogP) is 1.99. The van der Waals surface area contributed by atoms with Crippen LogP contribution in [-0.4, -0.2) is 33.9 Å². The second-order valence-corrected chi connectivity index (χ2v) is 5.86. The Morgan fingerprint density at radius 1 is 1.44 bits per heavy atom. The van der Waals surface area contributed by atoms with Crippen molar-refractivity contribution in [1.29, 1.82) is 0 Å². The molecule has 0 saturated heterocycles. The lowest BCUT2D eigenvalue weighted by Gasteiger charge is -2.25. The number of thiazole rings is 1. The molecule has 5 nitrogen and oxygen atoms in total. The molecule has 0 aliphatic carbocycles. The summed E-state index contributed by atoms with van der Waals surface area (Å²) in [5, 5.41) is 10.7. The van der Waals surface area contributed by atoms with Crippen LogP contribution in [0, 0.1) is 5.41 Å². The molecule has 1 aromatic rings. The molecule has 0 bridgehead atoms. The Labute approximate surface area is 110 Å². The van der Waals surface area contributed by atoms with Gasteiger partial charge in [-0.15, -0.1) is 11.3 Å². The number of amides is 1. The van der Waals surface area contributed by atoms with Gasteiger partial charge in [0.25, 0.3) is 0 Å². The molecule has 1 heterocycles. The molecule has 1 N–H and O–H groups in total. The van der Waals surface area contributed by atoms with Crippen molar-refractivity contribution >= 4 is 23.2 Å². The topological polar surface area (TPSA) is 70.5 Å². The summed E-state index contributed by atoms with van der Waals surface area (Å²) in [5.74, 6) is -0.941. The fourth-order valence-corrected chi connectivity index (χ4v) is 2.21. The quantitative estimate of drug-likeness (QED) is 0.858. The monoisotopic (exact) mass is 270 g/mol. The van der Waals surface area contributed by atoms with Crippen molar-refractivity contribution in [2.24, 2.45) is 5.41 Å². The molecule has 0 atom stereocenters. The number of aliphatic carboxylic acids is 1. The lowest BCUT2D eigenvalue weighted by atomic mass is 9.85. The Morgan fingerprint density at radius 3 is 2.61 bits per heavy atom. The first kappa shape index (κ1) is 14.6. The van der Waals surface area contributed by atoms with E-state index in [1.807, 2.05) is 5.38 Å². The molecule has 0 unspecified atom stereocenters. The number of rotatable bonds is 6. The second-order valence-electron chi connectivity index (χ2n) is 5.14. The fourth-order valence-electron chi connectivity index (χ4n) is 1.66. The summed E-state index contributed by atoms with van der Waals surface area (Å²) in [4.78, 5) is 28.4. The van der Waals surface area contributed by atoms with Gasteiger partial charge in [0.1, 0.15) is 0 Å². The SMILES string of the molecule is CN(Cc1cscn1)C(=O)CC(C)(C)CC(=O)O. The number of carboxylic acids is 1. The third-order valence-corrected chi connectivity index (χ3v) is 3.20. The largest absolute Gasteiger partial charge is 0.481 e. The van der Waals surface area contributed by atoms with Gasteiger partial charge in [-0.25, -0.2) is 4.98 Å². The Bertz CT molecular complexity index is 415. The standard InChI is InChI=1S/C12H18N2O3S/c1-12(2,5-11(16)17)4-10(15)14(3)6-9-7-18-8-13-9/h7-8H,4-6H2,1-3H3,(H,16,17). The van der Waals surface area contributed by atoms with Crippen LogP contribution in [0.3, 0.4) is 0 Å². The predicted molar refractivity (Wildman–Crippen MR) is 69.2 cm³/mol. The third kappa shape index (κ3) is 4.83. The van der Waals surface area contributed by atoms with Crippen molar-refractivity contribution in [3.63, 3.8) is 0 Å². The molecule has 100 valence electrons. The Morgan fingerprint density at radius 2 is 2.11 bits per heavy atom. The molecule has 0 spiro atoms. The molecule has 6 heteroatoms. The van der Waals surface area contributed by atoms with E-state index >= 15 is 0 Å². The van der Waals surface area contributed by atoms with Crippen LogP contribution in [0.1, 0.15) is 32.4 Å². The summed E-state index contributed by atoms with van der Waals surface area (Å²) in [6.07, 6.45) is 0.212. The van der Waals surface area contributed by atoms with Crippen LogP contribution >= 0.6 is 11.3 Å². The summed E-state index contributed by atoms with van der Waals surface area (Å²) < 4.78 is 0. The molecular formula is C12H18N2O3S. The zero-order chi connectivity index (χ0) is 13.8. The highest BCUT2D eigenvalue weighted by molar-refractivity contribution is 7.07. The number of hydrogen-bond acceptors (Lipinski definition) is 4. The first-order valence-corrected chi connectivity index (χ1v) is 6.57. The van der Waals surface area contributed by atoms with Crippen molar-refractivity contribution < 1.29 is 14.7 Å². The molecule has 1 rings (SSSR count). The maximum absolute atomic E-state index is 12.0. The molecule has 0 aliphatic rings. The van der Waals surface area contributed by atoms with Crippen molar-refractivity contribution in [1.82, 2.24) is 9.88 Å². The first-order valence-electron chi connectivity index (χ1n) is 5.63. The molecule has 0 aromatic carbocycles. The van der Waals surface area contributed by atoms with Crippen molar-refractivity contribution in [3.05, 3.63) is 16.6 Å². The Kier molecular flexibility index (Phi) is 4.84. The van der Waals surface area contributed by atoms with E-state index in [0.29, 0.717) is 6.54 Å². The van der Waals surface area contributed by atoms with Crippen LogP contribution in [0.4, 0.5) is 0 Å². The van der Waals surface area contributed by atoms with Crippen LogP contribution in [0.25, 0.3) is 0 Å². The maximum Gasteiger partial charge on any atom is 0.303 e. The zero-order valence-electron chi connectivity index (χ0n) is 10.8. The molecule has 0 radical (unpaired) electrons. The number of carbonyl (C=O) groups is 2. The number of hydrogen-bond donors (Lipinski definition) is 1. The van der Waals surface area contributed by atoms with E-state index in [2.05, 4.69) is 4.98 Å². The minimum absolute atomic E-state index is 0.0106. The van der Waals surface area contributed by atoms with Crippen LogP contribution in [0.5, 0.6) is 0 Å². The Hall–Kier alpha value is -1.43. The highest BCUT2D eigenvalue weighted by Crippen LogP contribution is 2.26. The zero-order valence-corrected chi connectivity index (χ0v) is 11.7. The van der Waals surface area contributed by atoms with Gasteiger partial charge >= 0.3 is 5.97 Å². The average Bonchev–Trinajstić information content (AvgIpc) is 2.67. The number of carbonyl (C=O) groups excluding carboxylic acids is 1. The van der Waals surface area contributed by atoms with E-state index in [4.69, 9.17) is 5.11 Å². The van der Waals surface area contributed by atoms with E-state index in [1.165, 1.54) is 11.3 Å². The minimum atomic E-state index is -0.880. The number of nitrogens with zero attached hydrogens (tertiary/aromatic N) is 2. The van der Waals surface area contributed by atoms with Gasteiger partial charge in [-0.1, -0.05) is 13.8 Å². The summed E-state index contributed by atoms with van der Waals surface area (Å²) in [6, 6.07) is 0. The van der Waals surface area contributed by atoms with Crippen molar-refractivity contribution in [2.75, 3.05) is 7.05 Å². The minimum Gasteiger partial charge on any atom is -0.481 e. The lowest BCUT2D eigenvalue weighted by Crippen LogP contribution is -2.31.